The van der Waals surface area contributed by atoms with Crippen LogP contribution in [0.2, 0.25) is 0 Å². The van der Waals surface area contributed by atoms with Crippen LogP contribution in [0.3, 0.4) is 0 Å². The Morgan fingerprint density at radius 2 is 2.12 bits per heavy atom. The second kappa shape index (κ2) is 5.35. The van der Waals surface area contributed by atoms with Gasteiger partial charge in [0.25, 0.3) is 0 Å². The van der Waals surface area contributed by atoms with Gasteiger partial charge in [-0.3, -0.25) is 4.79 Å². The molecule has 0 aliphatic rings. The Morgan fingerprint density at radius 1 is 1.41 bits per heavy atom. The van der Waals surface area contributed by atoms with Gasteiger partial charge in [0.2, 0.25) is 0 Å². The maximum Gasteiger partial charge on any atom is 1.00 e. The van der Waals surface area contributed by atoms with Crippen LogP contribution < -0.4 is 44.8 Å². The number of fused-ring (bicyclic) bond motifs is 1. The minimum Gasteiger partial charge on any atom is -0.545 e. The average Bonchev–Trinajstić information content (AvgIpc) is 2.28. The molecule has 82 valence electrons. The van der Waals surface area contributed by atoms with Crippen molar-refractivity contribution in [3.8, 4) is 5.75 Å². The first kappa shape index (κ1) is 13.8. The number of carboxylic acids is 1. The van der Waals surface area contributed by atoms with E-state index in [4.69, 9.17) is 4.74 Å². The summed E-state index contributed by atoms with van der Waals surface area (Å²) in [6.07, 6.45) is 1.11. The summed E-state index contributed by atoms with van der Waals surface area (Å²) in [5.74, 6) is -1.01. The molecule has 1 aromatic heterocycles. The fourth-order valence-corrected chi connectivity index (χ4v) is 1.55. The first-order chi connectivity index (χ1) is 7.65. The van der Waals surface area contributed by atoms with Gasteiger partial charge in [-0.1, -0.05) is 6.07 Å². The molecular weight excluding hydrogens is 233 g/mol. The van der Waals surface area contributed by atoms with Crippen LogP contribution in [-0.4, -0.2) is 18.1 Å². The normalized spacial score (nSPS) is 9.71. The van der Waals surface area contributed by atoms with E-state index in [0.717, 1.165) is 6.20 Å². The second-order valence-corrected chi connectivity index (χ2v) is 3.20. The summed E-state index contributed by atoms with van der Waals surface area (Å²) in [5.41, 5.74) is -0.492. The van der Waals surface area contributed by atoms with Gasteiger partial charge in [0, 0.05) is 11.6 Å². The number of carboxylic acid groups (broad SMARTS) is 1. The van der Waals surface area contributed by atoms with Gasteiger partial charge in [-0.25, -0.2) is 0 Å². The van der Waals surface area contributed by atoms with Crippen LogP contribution in [0.1, 0.15) is 10.4 Å². The van der Waals surface area contributed by atoms with Gasteiger partial charge in [0.05, 0.1) is 24.2 Å². The molecule has 0 radical (unpaired) electrons. The molecule has 2 aromatic rings. The van der Waals surface area contributed by atoms with Crippen LogP contribution >= 0.6 is 0 Å². The van der Waals surface area contributed by atoms with E-state index < -0.39 is 11.4 Å². The van der Waals surface area contributed by atoms with E-state index >= 15 is 0 Å². The molecule has 5 nitrogen and oxygen atoms in total. The van der Waals surface area contributed by atoms with Crippen molar-refractivity contribution in [2.24, 2.45) is 0 Å². The third-order valence-electron chi connectivity index (χ3n) is 2.32. The molecule has 6 heteroatoms. The van der Waals surface area contributed by atoms with Gasteiger partial charge in [0.1, 0.15) is 5.75 Å². The molecular formula is C11H8NNaO4. The third-order valence-corrected chi connectivity index (χ3v) is 2.32. The second-order valence-electron chi connectivity index (χ2n) is 3.20. The van der Waals surface area contributed by atoms with Gasteiger partial charge in [-0.05, 0) is 12.1 Å². The zero-order valence-corrected chi connectivity index (χ0v) is 11.4. The number of carbonyl (C=O) groups is 1. The maximum absolute atomic E-state index is 11.7. The third kappa shape index (κ3) is 2.36. The number of ether oxygens (including phenoxy) is 1. The van der Waals surface area contributed by atoms with Gasteiger partial charge < -0.3 is 19.6 Å². The summed E-state index contributed by atoms with van der Waals surface area (Å²) in [4.78, 5) is 25.1. The van der Waals surface area contributed by atoms with E-state index in [0.29, 0.717) is 11.3 Å². The molecule has 17 heavy (non-hydrogen) atoms. The molecule has 0 amide bonds. The number of benzene rings is 1. The van der Waals surface area contributed by atoms with Crippen LogP contribution in [0.15, 0.2) is 29.2 Å². The zero-order valence-electron chi connectivity index (χ0n) is 9.44. The number of methoxy groups -OCH3 is 1. The van der Waals surface area contributed by atoms with Crippen LogP contribution in [0.4, 0.5) is 0 Å². The summed E-state index contributed by atoms with van der Waals surface area (Å²) in [5, 5.41) is 10.9. The van der Waals surface area contributed by atoms with Crippen LogP contribution in [0.25, 0.3) is 10.9 Å². The molecule has 0 saturated carbocycles. The van der Waals surface area contributed by atoms with Crippen LogP contribution in [-0.2, 0) is 0 Å². The topological polar surface area (TPSA) is 82.2 Å². The number of aromatic nitrogens is 1. The molecule has 1 heterocycles. The fourth-order valence-electron chi connectivity index (χ4n) is 1.55. The number of nitrogens with one attached hydrogen (secondary N) is 1. The fraction of sp³-hybridized carbons (Fsp3) is 0.0909. The summed E-state index contributed by atoms with van der Waals surface area (Å²) in [6.45, 7) is 0. The quantitative estimate of drug-likeness (QED) is 0.565. The van der Waals surface area contributed by atoms with Crippen molar-refractivity contribution in [3.05, 3.63) is 40.2 Å². The molecule has 0 fully saturated rings. The SMILES string of the molecule is COc1cccc2c(=O)c(C(=O)[O-])c[nH]c12.[Na+]. The zero-order chi connectivity index (χ0) is 11.7. The smallest absolute Gasteiger partial charge is 0.545 e. The van der Waals surface area contributed by atoms with Gasteiger partial charge in [-0.2, -0.15) is 0 Å². The first-order valence-electron chi connectivity index (χ1n) is 4.55. The van der Waals surface area contributed by atoms with Crippen LogP contribution in [0.5, 0.6) is 5.75 Å². The number of para-hydroxylation sites is 1. The summed E-state index contributed by atoms with van der Waals surface area (Å²) in [7, 11) is 1.47. The van der Waals surface area contributed by atoms with Gasteiger partial charge >= 0.3 is 29.6 Å². The van der Waals surface area contributed by atoms with Gasteiger partial charge in [0.15, 0.2) is 5.43 Å². The van der Waals surface area contributed by atoms with E-state index in [9.17, 15) is 14.7 Å². The number of hydrogen-bond acceptors (Lipinski definition) is 4. The number of carbonyl (C=O) groups excluding carboxylic acids is 1. The molecule has 0 unspecified atom stereocenters. The Morgan fingerprint density at radius 3 is 2.71 bits per heavy atom. The van der Waals surface area contributed by atoms with E-state index in [-0.39, 0.29) is 40.5 Å². The summed E-state index contributed by atoms with van der Waals surface area (Å²) in [6, 6.07) is 4.83. The average molecular weight is 241 g/mol. The van der Waals surface area contributed by atoms with E-state index in [1.54, 1.807) is 12.1 Å². The monoisotopic (exact) mass is 241 g/mol. The summed E-state index contributed by atoms with van der Waals surface area (Å²) < 4.78 is 5.05. The number of H-pyrrole nitrogens is 1. The minimum absolute atomic E-state index is 0. The maximum atomic E-state index is 11.7. The van der Waals surface area contributed by atoms with E-state index in [1.807, 2.05) is 0 Å². The molecule has 1 N–H and O–H groups in total. The summed E-state index contributed by atoms with van der Waals surface area (Å²) >= 11 is 0. The molecule has 0 saturated heterocycles. The Bertz CT molecular complexity index is 620. The Labute approximate surface area is 119 Å². The number of aromatic carboxylic acids is 1. The van der Waals surface area contributed by atoms with Crippen LogP contribution in [0, 0.1) is 0 Å². The number of aromatic amines is 1. The van der Waals surface area contributed by atoms with Crippen molar-refractivity contribution in [1.29, 1.82) is 0 Å². The largest absolute Gasteiger partial charge is 1.00 e. The molecule has 0 aliphatic carbocycles. The number of hydrogen-bond donors (Lipinski definition) is 1. The first-order valence-corrected chi connectivity index (χ1v) is 4.55. The molecule has 1 aromatic carbocycles. The van der Waals surface area contributed by atoms with E-state index in [1.165, 1.54) is 13.2 Å². The number of pyridine rings is 1. The number of rotatable bonds is 2. The Hall–Kier alpha value is -1.30. The molecule has 0 bridgehead atoms. The van der Waals surface area contributed by atoms with Gasteiger partial charge in [-0.15, -0.1) is 0 Å². The van der Waals surface area contributed by atoms with Crippen molar-refractivity contribution in [2.45, 2.75) is 0 Å². The Kier molecular flexibility index (Phi) is 4.34. The van der Waals surface area contributed by atoms with Crippen molar-refractivity contribution in [2.75, 3.05) is 7.11 Å². The predicted molar refractivity (Wildman–Crippen MR) is 55.5 cm³/mol. The molecule has 2 rings (SSSR count). The van der Waals surface area contributed by atoms with Crippen molar-refractivity contribution in [1.82, 2.24) is 4.98 Å². The Balaban J connectivity index is 0.00000144. The predicted octanol–water partition coefficient (Wildman–Crippen LogP) is -3.10. The van der Waals surface area contributed by atoms with Crippen molar-refractivity contribution >= 4 is 16.9 Å². The molecule has 0 spiro atoms. The minimum atomic E-state index is -1.49. The molecule has 0 aliphatic heterocycles. The van der Waals surface area contributed by atoms with Crippen molar-refractivity contribution in [3.63, 3.8) is 0 Å². The standard InChI is InChI=1S/C11H9NO4.Na/c1-16-8-4-2-3-6-9(8)12-5-7(10(6)13)11(14)15;/h2-5H,1H3,(H,12,13)(H,14,15);/q;+1/p-1. The van der Waals surface area contributed by atoms with Crippen molar-refractivity contribution < 1.29 is 44.2 Å². The van der Waals surface area contributed by atoms with E-state index in [2.05, 4.69) is 4.98 Å². The molecule has 0 atom stereocenters.